The number of hydroxylamine groups is 2. The summed E-state index contributed by atoms with van der Waals surface area (Å²) < 4.78 is 5.73. The van der Waals surface area contributed by atoms with Gasteiger partial charge in [0, 0.05) is 0 Å². The maximum atomic E-state index is 12.2. The molecule has 1 aromatic rings. The fraction of sp³-hybridized carbons (Fsp3) is 0.333. The summed E-state index contributed by atoms with van der Waals surface area (Å²) in [6.07, 6.45) is -0.851. The number of rotatable bonds is 5. The zero-order valence-corrected chi connectivity index (χ0v) is 18.0. The van der Waals surface area contributed by atoms with E-state index in [2.05, 4.69) is 11.3 Å². The van der Waals surface area contributed by atoms with Crippen molar-refractivity contribution in [3.63, 3.8) is 0 Å². The molecular formula is C15H13Cl6NO5. The maximum absolute atomic E-state index is 12.2. The van der Waals surface area contributed by atoms with E-state index in [9.17, 15) is 9.59 Å². The van der Waals surface area contributed by atoms with Gasteiger partial charge in [0.1, 0.15) is 13.2 Å². The Bertz CT molecular complexity index is 673. The number of hydrogen-bond donors (Lipinski definition) is 0. The largest absolute Gasteiger partial charge is 0.533 e. The van der Waals surface area contributed by atoms with Crippen molar-refractivity contribution in [2.75, 3.05) is 13.2 Å². The molecule has 0 saturated carbocycles. The molecule has 0 radical (unpaired) electrons. The molecule has 0 aromatic heterocycles. The molecule has 0 aliphatic heterocycles. The van der Waals surface area contributed by atoms with Crippen LogP contribution in [0.15, 0.2) is 30.8 Å². The lowest BCUT2D eigenvalue weighted by atomic mass is 10.1. The Morgan fingerprint density at radius 1 is 1.00 bits per heavy atom. The topological polar surface area (TPSA) is 65.1 Å². The van der Waals surface area contributed by atoms with Crippen molar-refractivity contribution in [1.29, 1.82) is 0 Å². The van der Waals surface area contributed by atoms with Gasteiger partial charge in [0.2, 0.25) is 7.59 Å². The lowest BCUT2D eigenvalue weighted by Crippen LogP contribution is -2.36. The Morgan fingerprint density at radius 3 is 2.11 bits per heavy atom. The van der Waals surface area contributed by atoms with Crippen molar-refractivity contribution in [3.8, 4) is 0 Å². The second kappa shape index (κ2) is 10.7. The molecule has 150 valence electrons. The van der Waals surface area contributed by atoms with E-state index in [4.69, 9.17) is 79.2 Å². The van der Waals surface area contributed by atoms with Crippen LogP contribution in [-0.4, -0.2) is 38.1 Å². The number of carbonyl (C=O) groups is 2. The highest BCUT2D eigenvalue weighted by molar-refractivity contribution is 6.68. The van der Waals surface area contributed by atoms with Crippen LogP contribution in [0.1, 0.15) is 11.1 Å². The van der Waals surface area contributed by atoms with Crippen LogP contribution in [-0.2, 0) is 20.9 Å². The van der Waals surface area contributed by atoms with Crippen LogP contribution in [0.3, 0.4) is 0 Å². The standard InChI is InChI=1S/C15H13Cl6NO5/c1-2-10-5-3-4-6-11(10)7-22(12(23)25-8-14(16,17)18)27-13(24)26-9-15(19,20)21/h2-6H,1,7-9H2. The molecule has 0 N–H and O–H groups in total. The highest BCUT2D eigenvalue weighted by Gasteiger charge is 2.29. The normalized spacial score (nSPS) is 11.5. The smallest absolute Gasteiger partial charge is 0.443 e. The summed E-state index contributed by atoms with van der Waals surface area (Å²) >= 11 is 33.1. The van der Waals surface area contributed by atoms with Crippen molar-refractivity contribution in [2.24, 2.45) is 0 Å². The summed E-state index contributed by atoms with van der Waals surface area (Å²) in [7, 11) is 0. The number of benzene rings is 1. The van der Waals surface area contributed by atoms with E-state index in [1.165, 1.54) is 0 Å². The summed E-state index contributed by atoms with van der Waals surface area (Å²) in [5, 5.41) is 0.569. The highest BCUT2D eigenvalue weighted by Crippen LogP contribution is 2.27. The monoisotopic (exact) mass is 497 g/mol. The first-order valence-corrected chi connectivity index (χ1v) is 9.31. The van der Waals surface area contributed by atoms with Gasteiger partial charge in [0.05, 0.1) is 6.54 Å². The van der Waals surface area contributed by atoms with E-state index in [1.54, 1.807) is 30.3 Å². The average Bonchev–Trinajstić information content (AvgIpc) is 2.56. The van der Waals surface area contributed by atoms with Crippen molar-refractivity contribution in [1.82, 2.24) is 5.06 Å². The number of halogens is 6. The molecular weight excluding hydrogens is 487 g/mol. The first-order chi connectivity index (χ1) is 12.4. The quantitative estimate of drug-likeness (QED) is 0.279. The minimum absolute atomic E-state index is 0.205. The summed E-state index contributed by atoms with van der Waals surface area (Å²) in [5.41, 5.74) is 1.28. The van der Waals surface area contributed by atoms with Gasteiger partial charge in [0.25, 0.3) is 0 Å². The van der Waals surface area contributed by atoms with Gasteiger partial charge in [-0.2, -0.15) is 0 Å². The molecule has 6 nitrogen and oxygen atoms in total. The molecule has 0 spiro atoms. The number of alkyl halides is 6. The highest BCUT2D eigenvalue weighted by atomic mass is 35.6. The predicted molar refractivity (Wildman–Crippen MR) is 106 cm³/mol. The van der Waals surface area contributed by atoms with Gasteiger partial charge in [-0.05, 0) is 11.1 Å². The average molecular weight is 500 g/mol. The lowest BCUT2D eigenvalue weighted by molar-refractivity contribution is -0.116. The van der Waals surface area contributed by atoms with Crippen LogP contribution >= 0.6 is 69.6 Å². The SMILES string of the molecule is C=Cc1ccccc1CN(OC(=O)OCC(Cl)(Cl)Cl)C(=O)OCC(Cl)(Cl)Cl. The summed E-state index contributed by atoms with van der Waals surface area (Å²) in [4.78, 5) is 28.8. The third kappa shape index (κ3) is 10.4. The Morgan fingerprint density at radius 2 is 1.56 bits per heavy atom. The lowest BCUT2D eigenvalue weighted by Gasteiger charge is -2.22. The molecule has 1 rings (SSSR count). The summed E-state index contributed by atoms with van der Waals surface area (Å²) in [6, 6.07) is 6.91. The summed E-state index contributed by atoms with van der Waals surface area (Å²) in [6.45, 7) is 2.28. The maximum Gasteiger partial charge on any atom is 0.533 e. The van der Waals surface area contributed by atoms with Crippen molar-refractivity contribution >= 4 is 87.9 Å². The number of carbonyl (C=O) groups excluding carboxylic acids is 2. The molecule has 1 amide bonds. The third-order valence-corrected chi connectivity index (χ3v) is 3.34. The van der Waals surface area contributed by atoms with Crippen LogP contribution in [0.5, 0.6) is 0 Å². The van der Waals surface area contributed by atoms with Crippen molar-refractivity contribution in [3.05, 3.63) is 42.0 Å². The van der Waals surface area contributed by atoms with E-state index in [0.29, 0.717) is 16.2 Å². The van der Waals surface area contributed by atoms with Gasteiger partial charge in [-0.1, -0.05) is 107 Å². The zero-order valence-electron chi connectivity index (χ0n) is 13.5. The molecule has 0 aliphatic rings. The van der Waals surface area contributed by atoms with E-state index >= 15 is 0 Å². The number of ether oxygens (including phenoxy) is 2. The van der Waals surface area contributed by atoms with E-state index in [1.807, 2.05) is 0 Å². The number of hydrogen-bond acceptors (Lipinski definition) is 5. The van der Waals surface area contributed by atoms with Crippen molar-refractivity contribution < 1.29 is 23.9 Å². The molecule has 27 heavy (non-hydrogen) atoms. The first-order valence-electron chi connectivity index (χ1n) is 7.04. The third-order valence-electron chi connectivity index (χ3n) is 2.69. The molecule has 0 bridgehead atoms. The number of nitrogens with zero attached hydrogens (tertiary/aromatic N) is 1. The van der Waals surface area contributed by atoms with E-state index < -0.39 is 33.0 Å². The van der Waals surface area contributed by atoms with Crippen LogP contribution in [0.2, 0.25) is 0 Å². The van der Waals surface area contributed by atoms with Crippen LogP contribution in [0.4, 0.5) is 9.59 Å². The van der Waals surface area contributed by atoms with Crippen LogP contribution in [0, 0.1) is 0 Å². The van der Waals surface area contributed by atoms with Gasteiger partial charge >= 0.3 is 12.2 Å². The van der Waals surface area contributed by atoms with E-state index in [0.717, 1.165) is 0 Å². The Hall–Kier alpha value is -0.760. The second-order valence-corrected chi connectivity index (χ2v) is 9.89. The molecule has 12 heteroatoms. The first kappa shape index (κ1) is 24.3. The predicted octanol–water partition coefficient (Wildman–Crippen LogP) is 6.08. The molecule has 1 aromatic carbocycles. The molecule has 0 heterocycles. The van der Waals surface area contributed by atoms with Gasteiger partial charge in [0.15, 0.2) is 0 Å². The van der Waals surface area contributed by atoms with Crippen LogP contribution in [0.25, 0.3) is 6.08 Å². The minimum Gasteiger partial charge on any atom is -0.443 e. The fourth-order valence-corrected chi connectivity index (χ4v) is 1.97. The van der Waals surface area contributed by atoms with Gasteiger partial charge in [-0.3, -0.25) is 4.84 Å². The Kier molecular flexibility index (Phi) is 9.62. The van der Waals surface area contributed by atoms with Crippen LogP contribution < -0.4 is 0 Å². The van der Waals surface area contributed by atoms with Crippen molar-refractivity contribution in [2.45, 2.75) is 14.1 Å². The molecule has 0 unspecified atom stereocenters. The van der Waals surface area contributed by atoms with Gasteiger partial charge < -0.3 is 9.47 Å². The minimum atomic E-state index is -1.85. The second-order valence-electron chi connectivity index (χ2n) is 4.85. The Labute approximate surface area is 185 Å². The zero-order chi connectivity index (χ0) is 20.7. The molecule has 0 fully saturated rings. The fourth-order valence-electron chi connectivity index (χ4n) is 1.64. The molecule has 0 aliphatic carbocycles. The Balaban J connectivity index is 2.89. The molecule has 0 atom stereocenters. The number of amides is 1. The van der Waals surface area contributed by atoms with Gasteiger partial charge in [-0.15, -0.1) is 5.06 Å². The molecule has 0 saturated heterocycles. The van der Waals surface area contributed by atoms with E-state index in [-0.39, 0.29) is 6.54 Å². The summed E-state index contributed by atoms with van der Waals surface area (Å²) in [5.74, 6) is 0. The van der Waals surface area contributed by atoms with Gasteiger partial charge in [-0.25, -0.2) is 9.59 Å².